The molecule has 0 aliphatic carbocycles. The predicted molar refractivity (Wildman–Crippen MR) is 124 cm³/mol. The van der Waals surface area contributed by atoms with Crippen molar-refractivity contribution in [1.29, 1.82) is 0 Å². The molecule has 1 saturated heterocycles. The van der Waals surface area contributed by atoms with Crippen molar-refractivity contribution in [3.05, 3.63) is 60.3 Å². The first kappa shape index (κ1) is 19.4. The number of hydrogen-bond acceptors (Lipinski definition) is 6. The fourth-order valence-electron chi connectivity index (χ4n) is 4.46. The zero-order valence-corrected chi connectivity index (χ0v) is 17.3. The maximum atomic E-state index is 11.7. The molecule has 3 aromatic rings. The van der Waals surface area contributed by atoms with Crippen LogP contribution in [0.3, 0.4) is 0 Å². The number of primary amides is 1. The molecule has 5 rings (SSSR count). The number of nitrogens with one attached hydrogen (secondary N) is 2. The van der Waals surface area contributed by atoms with Crippen molar-refractivity contribution >= 4 is 28.9 Å². The van der Waals surface area contributed by atoms with E-state index in [4.69, 9.17) is 10.7 Å². The van der Waals surface area contributed by atoms with E-state index in [9.17, 15) is 4.79 Å². The Kier molecular flexibility index (Phi) is 5.16. The van der Waals surface area contributed by atoms with E-state index in [1.54, 1.807) is 6.20 Å². The Morgan fingerprint density at radius 1 is 1.13 bits per heavy atom. The number of nitrogens with zero attached hydrogens (tertiary/aromatic N) is 3. The second-order valence-electron chi connectivity index (χ2n) is 8.09. The first-order valence-electron chi connectivity index (χ1n) is 10.8. The second-order valence-corrected chi connectivity index (χ2v) is 8.09. The van der Waals surface area contributed by atoms with Gasteiger partial charge >= 0.3 is 0 Å². The van der Waals surface area contributed by atoms with Gasteiger partial charge in [0.15, 0.2) is 0 Å². The Bertz CT molecular complexity index is 1100. The van der Waals surface area contributed by atoms with Crippen molar-refractivity contribution < 1.29 is 4.79 Å². The molecule has 1 amide bonds. The van der Waals surface area contributed by atoms with Crippen LogP contribution < -0.4 is 21.3 Å². The topological polar surface area (TPSA) is 96.2 Å². The third-order valence-corrected chi connectivity index (χ3v) is 6.03. The summed E-state index contributed by atoms with van der Waals surface area (Å²) in [5.41, 5.74) is 11.9. The molecule has 1 aromatic heterocycles. The van der Waals surface area contributed by atoms with Crippen molar-refractivity contribution in [3.63, 3.8) is 0 Å². The maximum absolute atomic E-state index is 11.7. The third-order valence-electron chi connectivity index (χ3n) is 6.03. The van der Waals surface area contributed by atoms with E-state index in [1.807, 2.05) is 36.4 Å². The van der Waals surface area contributed by atoms with Gasteiger partial charge in [0.2, 0.25) is 11.9 Å². The Hall–Kier alpha value is -3.61. The number of amides is 1. The van der Waals surface area contributed by atoms with Crippen molar-refractivity contribution in [2.45, 2.75) is 31.7 Å². The van der Waals surface area contributed by atoms with Crippen LogP contribution in [-0.2, 0) is 11.2 Å². The standard InChI is InChI=1S/C24H26N6O/c25-23(31)22-4-2-14-30(22)19-8-5-16(6-9-19)21-11-13-27-24(29-21)28-18-7-10-20-17(15-18)3-1-12-26-20/h5-11,13,15,22,26H,1-4,12,14H2,(H2,25,31)(H,27,28,29)/t22-/m1/s1. The van der Waals surface area contributed by atoms with Gasteiger partial charge in [-0.15, -0.1) is 0 Å². The highest BCUT2D eigenvalue weighted by Gasteiger charge is 2.29. The van der Waals surface area contributed by atoms with Gasteiger partial charge in [-0.3, -0.25) is 4.79 Å². The average molecular weight is 415 g/mol. The van der Waals surface area contributed by atoms with Crippen molar-refractivity contribution in [2.75, 3.05) is 28.6 Å². The van der Waals surface area contributed by atoms with E-state index in [1.165, 1.54) is 11.3 Å². The summed E-state index contributed by atoms with van der Waals surface area (Å²) >= 11 is 0. The normalized spacial score (nSPS) is 17.7. The average Bonchev–Trinajstić information content (AvgIpc) is 3.30. The minimum Gasteiger partial charge on any atom is -0.385 e. The van der Waals surface area contributed by atoms with Crippen LogP contribution in [0.2, 0.25) is 0 Å². The van der Waals surface area contributed by atoms with Gasteiger partial charge in [-0.1, -0.05) is 12.1 Å². The first-order valence-corrected chi connectivity index (χ1v) is 10.8. The number of aryl methyl sites for hydroxylation is 1. The van der Waals surface area contributed by atoms with Crippen LogP contribution in [0.5, 0.6) is 0 Å². The molecule has 0 unspecified atom stereocenters. The Labute approximate surface area is 181 Å². The lowest BCUT2D eigenvalue weighted by atomic mass is 10.0. The molecule has 7 heteroatoms. The Morgan fingerprint density at radius 3 is 2.84 bits per heavy atom. The summed E-state index contributed by atoms with van der Waals surface area (Å²) in [6.07, 6.45) is 5.79. The van der Waals surface area contributed by atoms with E-state index in [0.717, 1.165) is 61.4 Å². The molecule has 0 saturated carbocycles. The SMILES string of the molecule is NC(=O)[C@H]1CCCN1c1ccc(-c2ccnc(Nc3ccc4c(c3)CCCN4)n2)cc1. The highest BCUT2D eigenvalue weighted by molar-refractivity contribution is 5.84. The molecule has 0 spiro atoms. The van der Waals surface area contributed by atoms with Gasteiger partial charge in [0.05, 0.1) is 5.69 Å². The summed E-state index contributed by atoms with van der Waals surface area (Å²) in [7, 11) is 0. The minimum atomic E-state index is -0.258. The number of nitrogens with two attached hydrogens (primary N) is 1. The number of aromatic nitrogens is 2. The lowest BCUT2D eigenvalue weighted by Crippen LogP contribution is -2.40. The minimum absolute atomic E-state index is 0.215. The summed E-state index contributed by atoms with van der Waals surface area (Å²) in [5, 5.41) is 6.76. The van der Waals surface area contributed by atoms with E-state index in [2.05, 4.69) is 32.7 Å². The van der Waals surface area contributed by atoms with Crippen LogP contribution in [0.1, 0.15) is 24.8 Å². The molecule has 1 atom stereocenters. The van der Waals surface area contributed by atoms with Crippen molar-refractivity contribution in [3.8, 4) is 11.3 Å². The smallest absolute Gasteiger partial charge is 0.240 e. The molecule has 158 valence electrons. The molecule has 0 radical (unpaired) electrons. The molecular formula is C24H26N6O. The van der Waals surface area contributed by atoms with Crippen LogP contribution >= 0.6 is 0 Å². The zero-order chi connectivity index (χ0) is 21.2. The van der Waals surface area contributed by atoms with Crippen LogP contribution in [0.25, 0.3) is 11.3 Å². The third kappa shape index (κ3) is 4.03. The molecule has 0 bridgehead atoms. The lowest BCUT2D eigenvalue weighted by Gasteiger charge is -2.24. The zero-order valence-electron chi connectivity index (χ0n) is 17.3. The monoisotopic (exact) mass is 414 g/mol. The van der Waals surface area contributed by atoms with Crippen LogP contribution in [0.15, 0.2) is 54.7 Å². The van der Waals surface area contributed by atoms with Gasteiger partial charge in [-0.2, -0.15) is 0 Å². The summed E-state index contributed by atoms with van der Waals surface area (Å²) in [6.45, 7) is 1.88. The van der Waals surface area contributed by atoms with Crippen LogP contribution in [-0.4, -0.2) is 35.0 Å². The number of anilines is 4. The molecule has 3 heterocycles. The number of carbonyl (C=O) groups is 1. The molecular weight excluding hydrogens is 388 g/mol. The Morgan fingerprint density at radius 2 is 2.00 bits per heavy atom. The largest absolute Gasteiger partial charge is 0.385 e. The maximum Gasteiger partial charge on any atom is 0.240 e. The fourth-order valence-corrected chi connectivity index (χ4v) is 4.46. The molecule has 7 nitrogen and oxygen atoms in total. The van der Waals surface area contributed by atoms with Gasteiger partial charge in [-0.25, -0.2) is 9.97 Å². The predicted octanol–water partition coefficient (Wildman–Crippen LogP) is 3.70. The van der Waals surface area contributed by atoms with E-state index in [0.29, 0.717) is 5.95 Å². The van der Waals surface area contributed by atoms with Crippen molar-refractivity contribution in [1.82, 2.24) is 9.97 Å². The molecule has 1 fully saturated rings. The van der Waals surface area contributed by atoms with E-state index in [-0.39, 0.29) is 11.9 Å². The Balaban J connectivity index is 1.34. The highest BCUT2D eigenvalue weighted by atomic mass is 16.1. The van der Waals surface area contributed by atoms with E-state index < -0.39 is 0 Å². The lowest BCUT2D eigenvalue weighted by molar-refractivity contribution is -0.119. The van der Waals surface area contributed by atoms with Gasteiger partial charge in [0.1, 0.15) is 6.04 Å². The number of hydrogen-bond donors (Lipinski definition) is 3. The van der Waals surface area contributed by atoms with Gasteiger partial charge < -0.3 is 21.3 Å². The highest BCUT2D eigenvalue weighted by Crippen LogP contribution is 2.29. The van der Waals surface area contributed by atoms with Gasteiger partial charge in [0.25, 0.3) is 0 Å². The summed E-state index contributed by atoms with van der Waals surface area (Å²) in [5.74, 6) is 0.310. The van der Waals surface area contributed by atoms with Crippen LogP contribution in [0, 0.1) is 0 Å². The summed E-state index contributed by atoms with van der Waals surface area (Å²) < 4.78 is 0. The summed E-state index contributed by atoms with van der Waals surface area (Å²) in [4.78, 5) is 22.9. The van der Waals surface area contributed by atoms with Gasteiger partial charge in [0, 0.05) is 41.9 Å². The first-order chi connectivity index (χ1) is 15.2. The number of rotatable bonds is 5. The number of fused-ring (bicyclic) bond motifs is 1. The quantitative estimate of drug-likeness (QED) is 0.589. The molecule has 4 N–H and O–H groups in total. The second kappa shape index (κ2) is 8.26. The van der Waals surface area contributed by atoms with Crippen LogP contribution in [0.4, 0.5) is 23.0 Å². The molecule has 2 aromatic carbocycles. The summed E-state index contributed by atoms with van der Waals surface area (Å²) in [6, 6.07) is 16.1. The van der Waals surface area contributed by atoms with Gasteiger partial charge in [-0.05, 0) is 67.6 Å². The molecule has 2 aliphatic heterocycles. The number of benzene rings is 2. The fraction of sp³-hybridized carbons (Fsp3) is 0.292. The van der Waals surface area contributed by atoms with E-state index >= 15 is 0 Å². The molecule has 2 aliphatic rings. The molecule has 31 heavy (non-hydrogen) atoms. The van der Waals surface area contributed by atoms with Crippen molar-refractivity contribution in [2.24, 2.45) is 5.73 Å². The number of carbonyl (C=O) groups excluding carboxylic acids is 1.